The second-order valence-corrected chi connectivity index (χ2v) is 10.4. The first-order valence-electron chi connectivity index (χ1n) is 11.4. The second-order valence-electron chi connectivity index (χ2n) is 8.76. The molecule has 2 aliphatic rings. The van der Waals surface area contributed by atoms with E-state index < -0.39 is 26.7 Å². The maximum absolute atomic E-state index is 13.0. The van der Waals surface area contributed by atoms with Crippen LogP contribution in [0.15, 0.2) is 53.4 Å². The summed E-state index contributed by atoms with van der Waals surface area (Å²) in [6, 6.07) is 10.8. The Hall–Kier alpha value is -2.43. The van der Waals surface area contributed by atoms with Crippen LogP contribution in [0.2, 0.25) is 0 Å². The quantitative estimate of drug-likeness (QED) is 0.377. The largest absolute Gasteiger partial charge is 0.494 e. The van der Waals surface area contributed by atoms with Crippen LogP contribution in [-0.2, 0) is 16.2 Å². The van der Waals surface area contributed by atoms with Gasteiger partial charge in [0.1, 0.15) is 5.75 Å². The molecule has 0 spiro atoms. The number of halogens is 3. The molecule has 34 heavy (non-hydrogen) atoms. The molecule has 0 radical (unpaired) electrons. The molecule has 10 heteroatoms. The summed E-state index contributed by atoms with van der Waals surface area (Å²) < 4.78 is 70.0. The highest BCUT2D eigenvalue weighted by atomic mass is 32.2. The number of hydrogen-bond acceptors (Lipinski definition) is 5. The minimum Gasteiger partial charge on any atom is -0.494 e. The van der Waals surface area contributed by atoms with E-state index in [4.69, 9.17) is 4.74 Å². The van der Waals surface area contributed by atoms with E-state index in [2.05, 4.69) is 4.83 Å². The second kappa shape index (κ2) is 10.1. The van der Waals surface area contributed by atoms with Gasteiger partial charge in [-0.2, -0.15) is 13.2 Å². The van der Waals surface area contributed by atoms with Crippen LogP contribution in [-0.4, -0.2) is 38.4 Å². The molecule has 1 N–H and O–H groups in total. The molecule has 1 saturated heterocycles. The normalized spacial score (nSPS) is 19.3. The van der Waals surface area contributed by atoms with Crippen molar-refractivity contribution < 1.29 is 31.1 Å². The van der Waals surface area contributed by atoms with Gasteiger partial charge in [-0.3, -0.25) is 4.79 Å². The van der Waals surface area contributed by atoms with Gasteiger partial charge in [-0.25, -0.2) is 13.4 Å². The first-order chi connectivity index (χ1) is 16.1. The molecule has 0 bridgehead atoms. The number of hydrogen-bond donors (Lipinski definition) is 1. The topological polar surface area (TPSA) is 75.7 Å². The Labute approximate surface area is 197 Å². The summed E-state index contributed by atoms with van der Waals surface area (Å²) in [6.45, 7) is 0.917. The highest BCUT2D eigenvalue weighted by Crippen LogP contribution is 2.33. The first kappa shape index (κ1) is 24.7. The molecule has 2 fully saturated rings. The zero-order valence-electron chi connectivity index (χ0n) is 18.6. The van der Waals surface area contributed by atoms with Crippen LogP contribution in [0.25, 0.3) is 0 Å². The Morgan fingerprint density at radius 2 is 1.82 bits per heavy atom. The monoisotopic (exact) mass is 496 g/mol. The summed E-state index contributed by atoms with van der Waals surface area (Å²) in [4.78, 5) is 14.1. The lowest BCUT2D eigenvalue weighted by Crippen LogP contribution is -2.45. The van der Waals surface area contributed by atoms with E-state index in [1.807, 2.05) is 0 Å². The smallest absolute Gasteiger partial charge is 0.416 e. The highest BCUT2D eigenvalue weighted by Gasteiger charge is 2.33. The number of rotatable bonds is 10. The Balaban J connectivity index is 1.27. The summed E-state index contributed by atoms with van der Waals surface area (Å²) in [5.41, 5.74) is -0.306. The van der Waals surface area contributed by atoms with E-state index in [1.54, 1.807) is 29.3 Å². The van der Waals surface area contributed by atoms with Crippen molar-refractivity contribution in [1.29, 1.82) is 0 Å². The van der Waals surface area contributed by atoms with Gasteiger partial charge in [0, 0.05) is 24.1 Å². The molecule has 1 aliphatic heterocycles. The Kier molecular flexibility index (Phi) is 7.30. The molecule has 6 nitrogen and oxygen atoms in total. The number of nitrogens with zero attached hydrogens (tertiary/aromatic N) is 1. The van der Waals surface area contributed by atoms with Crippen LogP contribution in [0.4, 0.5) is 13.2 Å². The number of benzene rings is 2. The molecule has 2 aromatic rings. The predicted molar refractivity (Wildman–Crippen MR) is 120 cm³/mol. The van der Waals surface area contributed by atoms with Crippen LogP contribution in [0.5, 0.6) is 5.75 Å². The van der Waals surface area contributed by atoms with Gasteiger partial charge in [0.15, 0.2) is 5.78 Å². The van der Waals surface area contributed by atoms with E-state index in [1.165, 1.54) is 0 Å². The maximum atomic E-state index is 13.0. The lowest BCUT2D eigenvalue weighted by Gasteiger charge is -2.25. The number of carbonyl (C=O) groups is 1. The number of ether oxygens (including phenoxy) is 1. The molecule has 1 aliphatic carbocycles. The van der Waals surface area contributed by atoms with E-state index in [-0.39, 0.29) is 17.7 Å². The first-order valence-corrected chi connectivity index (χ1v) is 12.9. The molecule has 1 unspecified atom stereocenters. The molecule has 1 heterocycles. The Morgan fingerprint density at radius 1 is 1.09 bits per heavy atom. The van der Waals surface area contributed by atoms with Gasteiger partial charge in [0.25, 0.3) is 10.0 Å². The summed E-state index contributed by atoms with van der Waals surface area (Å²) in [6.07, 6.45) is 0.223. The number of nitrogens with one attached hydrogen (secondary N) is 1. The molecule has 1 atom stereocenters. The number of hydrazine groups is 1. The van der Waals surface area contributed by atoms with Crippen LogP contribution in [0.3, 0.4) is 0 Å². The van der Waals surface area contributed by atoms with Gasteiger partial charge in [0.05, 0.1) is 17.1 Å². The SMILES string of the molecule is O=C(c1ccc(OCCCC2CCCN2NS(=O)(=O)c2cccc(C(F)(F)F)c2)cc1)C1CC1. The number of carbonyl (C=O) groups excluding carboxylic acids is 1. The van der Waals surface area contributed by atoms with Crippen molar-refractivity contribution in [3.8, 4) is 5.75 Å². The third kappa shape index (κ3) is 6.17. The summed E-state index contributed by atoms with van der Waals surface area (Å²) in [7, 11) is -4.13. The molecule has 4 rings (SSSR count). The van der Waals surface area contributed by atoms with Crippen LogP contribution >= 0.6 is 0 Å². The number of alkyl halides is 3. The zero-order valence-corrected chi connectivity index (χ0v) is 19.4. The van der Waals surface area contributed by atoms with Gasteiger partial charge in [-0.05, 0) is 81.0 Å². The van der Waals surface area contributed by atoms with Crippen LogP contribution < -0.4 is 9.57 Å². The fourth-order valence-electron chi connectivity index (χ4n) is 4.11. The molecular formula is C24H27F3N2O4S. The van der Waals surface area contributed by atoms with Gasteiger partial charge >= 0.3 is 6.18 Å². The highest BCUT2D eigenvalue weighted by molar-refractivity contribution is 7.89. The van der Waals surface area contributed by atoms with Crippen LogP contribution in [0, 0.1) is 5.92 Å². The average molecular weight is 497 g/mol. The maximum Gasteiger partial charge on any atom is 0.416 e. The van der Waals surface area contributed by atoms with E-state index >= 15 is 0 Å². The molecule has 1 saturated carbocycles. The van der Waals surface area contributed by atoms with Crippen molar-refractivity contribution in [2.45, 2.75) is 55.6 Å². The Morgan fingerprint density at radius 3 is 2.50 bits per heavy atom. The lowest BCUT2D eigenvalue weighted by atomic mass is 10.1. The molecule has 0 aromatic heterocycles. The fraction of sp³-hybridized carbons (Fsp3) is 0.458. The van der Waals surface area contributed by atoms with Gasteiger partial charge in [-0.1, -0.05) is 6.07 Å². The predicted octanol–water partition coefficient (Wildman–Crippen LogP) is 4.82. The molecular weight excluding hydrogens is 469 g/mol. The summed E-state index contributed by atoms with van der Waals surface area (Å²) >= 11 is 0. The third-order valence-electron chi connectivity index (χ3n) is 6.12. The van der Waals surface area contributed by atoms with Crippen molar-refractivity contribution >= 4 is 15.8 Å². The number of sulfonamides is 1. The summed E-state index contributed by atoms with van der Waals surface area (Å²) in [5, 5.41) is 1.59. The fourth-order valence-corrected chi connectivity index (χ4v) is 5.30. The molecule has 0 amide bonds. The van der Waals surface area contributed by atoms with E-state index in [0.717, 1.165) is 43.9 Å². The zero-order chi connectivity index (χ0) is 24.3. The average Bonchev–Trinajstić information content (AvgIpc) is 3.57. The van der Waals surface area contributed by atoms with Crippen molar-refractivity contribution in [2.24, 2.45) is 5.92 Å². The summed E-state index contributed by atoms with van der Waals surface area (Å²) in [5.74, 6) is 1.02. The third-order valence-corrected chi connectivity index (χ3v) is 7.47. The van der Waals surface area contributed by atoms with Crippen molar-refractivity contribution in [3.05, 3.63) is 59.7 Å². The minimum absolute atomic E-state index is 0.0669. The van der Waals surface area contributed by atoms with Gasteiger partial charge in [0.2, 0.25) is 0 Å². The lowest BCUT2D eigenvalue weighted by molar-refractivity contribution is -0.137. The van der Waals surface area contributed by atoms with Crippen molar-refractivity contribution in [3.63, 3.8) is 0 Å². The minimum atomic E-state index is -4.62. The van der Waals surface area contributed by atoms with Gasteiger partial charge in [-0.15, -0.1) is 4.83 Å². The number of ketones is 1. The van der Waals surface area contributed by atoms with E-state index in [0.29, 0.717) is 43.4 Å². The van der Waals surface area contributed by atoms with Crippen LogP contribution in [0.1, 0.15) is 54.4 Å². The van der Waals surface area contributed by atoms with Crippen molar-refractivity contribution in [2.75, 3.05) is 13.2 Å². The molecule has 184 valence electrons. The van der Waals surface area contributed by atoms with E-state index in [9.17, 15) is 26.4 Å². The van der Waals surface area contributed by atoms with Crippen molar-refractivity contribution in [1.82, 2.24) is 9.84 Å². The standard InChI is InChI=1S/C24H27F3N2O4S/c25-24(26,27)19-4-1-7-22(16-19)34(31,32)28-29-14-2-5-20(29)6-3-15-33-21-12-10-18(11-13-21)23(30)17-8-9-17/h1,4,7,10-13,16-17,20,28H,2-3,5-6,8-9,14-15H2. The molecule has 2 aromatic carbocycles. The number of Topliss-reactive ketones (excluding diaryl/α,β-unsaturated/α-hetero) is 1. The Bertz CT molecular complexity index is 1120. The van der Waals surface area contributed by atoms with Gasteiger partial charge < -0.3 is 4.74 Å².